The molecule has 2 aromatic carbocycles. The number of benzene rings is 2. The number of aromatic nitrogens is 2. The van der Waals surface area contributed by atoms with Gasteiger partial charge in [0.05, 0.1) is 11.8 Å². The Labute approximate surface area is 154 Å². The highest BCUT2D eigenvalue weighted by Crippen LogP contribution is 2.31. The third kappa shape index (κ3) is 3.54. The second-order valence-corrected chi connectivity index (χ2v) is 7.59. The van der Waals surface area contributed by atoms with Gasteiger partial charge < -0.3 is 5.32 Å². The van der Waals surface area contributed by atoms with E-state index in [0.717, 1.165) is 22.5 Å². The summed E-state index contributed by atoms with van der Waals surface area (Å²) in [6.07, 6.45) is 1.60. The number of nitrogens with zero attached hydrogens (tertiary/aromatic N) is 2. The quantitative estimate of drug-likeness (QED) is 0.729. The molecule has 3 rings (SSSR count). The summed E-state index contributed by atoms with van der Waals surface area (Å²) < 4.78 is 1.70. The van der Waals surface area contributed by atoms with Crippen molar-refractivity contribution in [1.82, 2.24) is 9.78 Å². The largest absolute Gasteiger partial charge is 0.321 e. The van der Waals surface area contributed by atoms with Gasteiger partial charge in [-0.1, -0.05) is 63.2 Å². The van der Waals surface area contributed by atoms with Crippen LogP contribution < -0.4 is 5.32 Å². The summed E-state index contributed by atoms with van der Waals surface area (Å²) in [7, 11) is 1.83. The molecule has 0 fully saturated rings. The Balaban J connectivity index is 1.91. The summed E-state index contributed by atoms with van der Waals surface area (Å²) in [5, 5.41) is 7.18. The number of rotatable bonds is 3. The fourth-order valence-electron chi connectivity index (χ4n) is 2.90. The Morgan fingerprint density at radius 3 is 2.27 bits per heavy atom. The van der Waals surface area contributed by atoms with Gasteiger partial charge in [0.1, 0.15) is 0 Å². The maximum absolute atomic E-state index is 12.7. The van der Waals surface area contributed by atoms with E-state index in [1.54, 1.807) is 10.9 Å². The summed E-state index contributed by atoms with van der Waals surface area (Å²) in [4.78, 5) is 12.7. The third-order valence-electron chi connectivity index (χ3n) is 4.72. The topological polar surface area (TPSA) is 46.9 Å². The fourth-order valence-corrected chi connectivity index (χ4v) is 2.90. The highest BCUT2D eigenvalue weighted by atomic mass is 16.1. The number of anilines is 1. The normalized spacial score (nSPS) is 11.4. The highest BCUT2D eigenvalue weighted by molar-refractivity contribution is 6.06. The molecule has 1 amide bonds. The molecule has 0 saturated carbocycles. The molecule has 1 heterocycles. The predicted molar refractivity (Wildman–Crippen MR) is 106 cm³/mol. The second kappa shape index (κ2) is 6.79. The van der Waals surface area contributed by atoms with E-state index in [0.29, 0.717) is 5.56 Å². The second-order valence-electron chi connectivity index (χ2n) is 7.59. The Hall–Kier alpha value is -2.88. The van der Waals surface area contributed by atoms with Crippen LogP contribution in [0.5, 0.6) is 0 Å². The van der Waals surface area contributed by atoms with Gasteiger partial charge in [0.25, 0.3) is 5.91 Å². The van der Waals surface area contributed by atoms with Gasteiger partial charge in [0.15, 0.2) is 0 Å². The van der Waals surface area contributed by atoms with Gasteiger partial charge in [-0.3, -0.25) is 9.48 Å². The molecule has 0 bridgehead atoms. The van der Waals surface area contributed by atoms with Crippen molar-refractivity contribution in [3.8, 4) is 11.1 Å². The number of carbonyl (C=O) groups is 1. The summed E-state index contributed by atoms with van der Waals surface area (Å²) >= 11 is 0. The van der Waals surface area contributed by atoms with Crippen molar-refractivity contribution in [3.63, 3.8) is 0 Å². The highest BCUT2D eigenvalue weighted by Gasteiger charge is 2.16. The molecule has 4 nitrogen and oxygen atoms in total. The SMILES string of the molecule is Cc1c(C(=O)Nc2ccccc2-c2ccc(C(C)(C)C)cc2)cnn1C. The molecular weight excluding hydrogens is 322 g/mol. The van der Waals surface area contributed by atoms with Crippen LogP contribution in [0, 0.1) is 6.92 Å². The fraction of sp³-hybridized carbons (Fsp3) is 0.273. The number of hydrogen-bond acceptors (Lipinski definition) is 2. The van der Waals surface area contributed by atoms with Crippen molar-refractivity contribution in [2.24, 2.45) is 7.05 Å². The van der Waals surface area contributed by atoms with Gasteiger partial charge in [-0.15, -0.1) is 0 Å². The van der Waals surface area contributed by atoms with Crippen LogP contribution in [-0.2, 0) is 12.5 Å². The van der Waals surface area contributed by atoms with Crippen LogP contribution in [0.1, 0.15) is 42.4 Å². The van der Waals surface area contributed by atoms with Gasteiger partial charge >= 0.3 is 0 Å². The van der Waals surface area contributed by atoms with Gasteiger partial charge in [-0.05, 0) is 29.5 Å². The minimum absolute atomic E-state index is 0.115. The number of carbonyl (C=O) groups excluding carboxylic acids is 1. The van der Waals surface area contributed by atoms with E-state index in [-0.39, 0.29) is 11.3 Å². The number of amides is 1. The van der Waals surface area contributed by atoms with Gasteiger partial charge in [0.2, 0.25) is 0 Å². The minimum atomic E-state index is -0.144. The van der Waals surface area contributed by atoms with Crippen LogP contribution in [0.15, 0.2) is 54.7 Å². The molecule has 0 aliphatic heterocycles. The third-order valence-corrected chi connectivity index (χ3v) is 4.72. The van der Waals surface area contributed by atoms with Crippen LogP contribution in [0.3, 0.4) is 0 Å². The van der Waals surface area contributed by atoms with Crippen LogP contribution in [0.25, 0.3) is 11.1 Å². The molecule has 1 aromatic heterocycles. The van der Waals surface area contributed by atoms with Crippen molar-refractivity contribution in [1.29, 1.82) is 0 Å². The number of para-hydroxylation sites is 1. The molecule has 26 heavy (non-hydrogen) atoms. The molecule has 0 radical (unpaired) electrons. The maximum Gasteiger partial charge on any atom is 0.259 e. The molecule has 134 valence electrons. The molecule has 0 unspecified atom stereocenters. The van der Waals surface area contributed by atoms with E-state index < -0.39 is 0 Å². The minimum Gasteiger partial charge on any atom is -0.321 e. The Morgan fingerprint density at radius 2 is 1.69 bits per heavy atom. The van der Waals surface area contributed by atoms with E-state index in [9.17, 15) is 4.79 Å². The molecule has 0 saturated heterocycles. The van der Waals surface area contributed by atoms with Crippen LogP contribution in [0.4, 0.5) is 5.69 Å². The van der Waals surface area contributed by atoms with Crippen molar-refractivity contribution in [2.75, 3.05) is 5.32 Å². The zero-order valence-corrected chi connectivity index (χ0v) is 16.0. The van der Waals surface area contributed by atoms with Crippen molar-refractivity contribution >= 4 is 11.6 Å². The summed E-state index contributed by atoms with van der Waals surface area (Å²) in [6.45, 7) is 8.49. The maximum atomic E-state index is 12.7. The Kier molecular flexibility index (Phi) is 4.68. The van der Waals surface area contributed by atoms with Crippen LogP contribution in [0.2, 0.25) is 0 Å². The van der Waals surface area contributed by atoms with Crippen LogP contribution >= 0.6 is 0 Å². The zero-order valence-electron chi connectivity index (χ0n) is 16.0. The van der Waals surface area contributed by atoms with E-state index in [2.05, 4.69) is 55.5 Å². The first-order valence-corrected chi connectivity index (χ1v) is 8.77. The van der Waals surface area contributed by atoms with Crippen LogP contribution in [-0.4, -0.2) is 15.7 Å². The number of aryl methyl sites for hydroxylation is 1. The van der Waals surface area contributed by atoms with Crippen molar-refractivity contribution in [3.05, 3.63) is 71.5 Å². The van der Waals surface area contributed by atoms with E-state index in [1.807, 2.05) is 38.2 Å². The Bertz CT molecular complexity index is 931. The average molecular weight is 347 g/mol. The van der Waals surface area contributed by atoms with E-state index >= 15 is 0 Å². The number of hydrogen-bond donors (Lipinski definition) is 1. The summed E-state index contributed by atoms with van der Waals surface area (Å²) in [5.74, 6) is -0.144. The molecular formula is C22H25N3O. The van der Waals surface area contributed by atoms with Gasteiger partial charge in [0, 0.05) is 24.0 Å². The lowest BCUT2D eigenvalue weighted by molar-refractivity contribution is 0.102. The lowest BCUT2D eigenvalue weighted by atomic mass is 9.86. The van der Waals surface area contributed by atoms with Gasteiger partial charge in [-0.25, -0.2) is 0 Å². The standard InChI is InChI=1S/C22H25N3O/c1-15-19(14-23-25(15)5)21(26)24-20-9-7-6-8-18(20)16-10-12-17(13-11-16)22(2,3)4/h6-14H,1-5H3,(H,24,26). The first kappa shape index (κ1) is 17.9. The lowest BCUT2D eigenvalue weighted by Crippen LogP contribution is -2.13. The number of nitrogens with one attached hydrogen (secondary N) is 1. The van der Waals surface area contributed by atoms with Crippen molar-refractivity contribution < 1.29 is 4.79 Å². The lowest BCUT2D eigenvalue weighted by Gasteiger charge is -2.19. The molecule has 0 aliphatic carbocycles. The molecule has 0 spiro atoms. The first-order chi connectivity index (χ1) is 12.3. The summed E-state index contributed by atoms with van der Waals surface area (Å²) in [6, 6.07) is 16.4. The van der Waals surface area contributed by atoms with E-state index in [4.69, 9.17) is 0 Å². The molecule has 0 aliphatic rings. The Morgan fingerprint density at radius 1 is 1.04 bits per heavy atom. The first-order valence-electron chi connectivity index (χ1n) is 8.77. The summed E-state index contributed by atoms with van der Waals surface area (Å²) in [5.41, 5.74) is 5.71. The average Bonchev–Trinajstić information content (AvgIpc) is 2.94. The predicted octanol–water partition coefficient (Wildman–Crippen LogP) is 4.95. The van der Waals surface area contributed by atoms with Gasteiger partial charge in [-0.2, -0.15) is 5.10 Å². The smallest absolute Gasteiger partial charge is 0.259 e. The monoisotopic (exact) mass is 347 g/mol. The molecule has 3 aromatic rings. The molecule has 0 atom stereocenters. The molecule has 4 heteroatoms. The van der Waals surface area contributed by atoms with Crippen molar-refractivity contribution in [2.45, 2.75) is 33.1 Å². The molecule has 1 N–H and O–H groups in total. The zero-order chi connectivity index (χ0) is 18.9. The van der Waals surface area contributed by atoms with E-state index in [1.165, 1.54) is 5.56 Å².